The first-order chi connectivity index (χ1) is 14.0. The van der Waals surface area contributed by atoms with Gasteiger partial charge in [0.15, 0.2) is 11.0 Å². The molecule has 0 bridgehead atoms. The topological polar surface area (TPSA) is 69.0 Å². The molecule has 0 saturated heterocycles. The second-order valence-electron chi connectivity index (χ2n) is 6.19. The molecule has 1 amide bonds. The average molecular weight is 451 g/mol. The zero-order valence-corrected chi connectivity index (χ0v) is 18.3. The van der Waals surface area contributed by atoms with Crippen molar-refractivity contribution >= 4 is 46.6 Å². The van der Waals surface area contributed by atoms with E-state index < -0.39 is 0 Å². The molecule has 0 unspecified atom stereocenters. The van der Waals surface area contributed by atoms with Crippen LogP contribution in [0.2, 0.25) is 10.0 Å². The van der Waals surface area contributed by atoms with Crippen LogP contribution in [0.5, 0.6) is 5.75 Å². The normalized spacial score (nSPS) is 10.8. The second kappa shape index (κ2) is 10.0. The van der Waals surface area contributed by atoms with Gasteiger partial charge < -0.3 is 14.6 Å². The minimum atomic E-state index is -0.141. The summed E-state index contributed by atoms with van der Waals surface area (Å²) in [7, 11) is 0. The van der Waals surface area contributed by atoms with Crippen LogP contribution in [0.4, 0.5) is 5.69 Å². The summed E-state index contributed by atoms with van der Waals surface area (Å²) in [5, 5.41) is 13.1. The maximum atomic E-state index is 12.2. The van der Waals surface area contributed by atoms with Crippen molar-refractivity contribution in [3.8, 4) is 5.75 Å². The van der Waals surface area contributed by atoms with Gasteiger partial charge in [-0.2, -0.15) is 0 Å². The summed E-state index contributed by atoms with van der Waals surface area (Å²) in [4.78, 5) is 12.2. The SMILES string of the molecule is CCn1c(COc2ccc(Cl)cc2C)nnc1SCC(=O)Nc1cccc(Cl)c1. The fraction of sp³-hybridized carbons (Fsp3) is 0.250. The number of hydrogen-bond donors (Lipinski definition) is 1. The van der Waals surface area contributed by atoms with Crippen molar-refractivity contribution in [2.24, 2.45) is 0 Å². The predicted octanol–water partition coefficient (Wildman–Crippen LogP) is 5.22. The summed E-state index contributed by atoms with van der Waals surface area (Å²) in [6, 6.07) is 12.5. The van der Waals surface area contributed by atoms with Gasteiger partial charge in [-0.05, 0) is 55.8 Å². The molecule has 9 heteroatoms. The quantitative estimate of drug-likeness (QED) is 0.476. The molecule has 0 atom stereocenters. The molecule has 3 aromatic rings. The van der Waals surface area contributed by atoms with Crippen LogP contribution in [0.15, 0.2) is 47.6 Å². The minimum absolute atomic E-state index is 0.141. The number of nitrogens with zero attached hydrogens (tertiary/aromatic N) is 3. The van der Waals surface area contributed by atoms with Gasteiger partial charge in [0.1, 0.15) is 12.4 Å². The lowest BCUT2D eigenvalue weighted by atomic mass is 10.2. The zero-order valence-electron chi connectivity index (χ0n) is 16.0. The van der Waals surface area contributed by atoms with Gasteiger partial charge in [-0.15, -0.1) is 10.2 Å². The summed E-state index contributed by atoms with van der Waals surface area (Å²) in [6.45, 7) is 4.88. The summed E-state index contributed by atoms with van der Waals surface area (Å²) in [5.41, 5.74) is 1.61. The molecule has 1 aromatic heterocycles. The number of halogens is 2. The first kappa shape index (κ1) is 21.5. The van der Waals surface area contributed by atoms with Crippen molar-refractivity contribution in [3.05, 3.63) is 63.9 Å². The third-order valence-electron chi connectivity index (χ3n) is 4.04. The molecule has 6 nitrogen and oxygen atoms in total. The Bertz CT molecular complexity index is 1010. The number of carbonyl (C=O) groups is 1. The smallest absolute Gasteiger partial charge is 0.234 e. The lowest BCUT2D eigenvalue weighted by molar-refractivity contribution is -0.113. The third-order valence-corrected chi connectivity index (χ3v) is 5.48. The number of rotatable bonds is 8. The van der Waals surface area contributed by atoms with Crippen LogP contribution in [0, 0.1) is 6.92 Å². The highest BCUT2D eigenvalue weighted by Crippen LogP contribution is 2.24. The maximum absolute atomic E-state index is 12.2. The Morgan fingerprint density at radius 3 is 2.69 bits per heavy atom. The number of aryl methyl sites for hydroxylation is 1. The number of ether oxygens (including phenoxy) is 1. The molecule has 1 heterocycles. The lowest BCUT2D eigenvalue weighted by Gasteiger charge is -2.11. The first-order valence-electron chi connectivity index (χ1n) is 8.95. The molecule has 1 N–H and O–H groups in total. The summed E-state index contributed by atoms with van der Waals surface area (Å²) in [6.07, 6.45) is 0. The number of anilines is 1. The van der Waals surface area contributed by atoms with Crippen LogP contribution in [0.1, 0.15) is 18.3 Å². The van der Waals surface area contributed by atoms with Crippen molar-refractivity contribution in [3.63, 3.8) is 0 Å². The summed E-state index contributed by atoms with van der Waals surface area (Å²) < 4.78 is 7.80. The Labute approximate surface area is 183 Å². The van der Waals surface area contributed by atoms with E-state index in [1.54, 1.807) is 30.3 Å². The van der Waals surface area contributed by atoms with E-state index >= 15 is 0 Å². The molecule has 152 valence electrons. The van der Waals surface area contributed by atoms with Crippen molar-refractivity contribution in [2.75, 3.05) is 11.1 Å². The van der Waals surface area contributed by atoms with Crippen molar-refractivity contribution < 1.29 is 9.53 Å². The molecular formula is C20H20Cl2N4O2S. The number of benzene rings is 2. The Hall–Kier alpha value is -2.22. The van der Waals surface area contributed by atoms with Crippen LogP contribution < -0.4 is 10.1 Å². The number of carbonyl (C=O) groups excluding carboxylic acids is 1. The van der Waals surface area contributed by atoms with Crippen molar-refractivity contribution in [1.29, 1.82) is 0 Å². The van der Waals surface area contributed by atoms with Gasteiger partial charge in [0.05, 0.1) is 5.75 Å². The number of amides is 1. The maximum Gasteiger partial charge on any atom is 0.234 e. The highest BCUT2D eigenvalue weighted by molar-refractivity contribution is 7.99. The van der Waals surface area contributed by atoms with Crippen LogP contribution in [-0.2, 0) is 17.9 Å². The molecule has 0 radical (unpaired) electrons. The molecule has 2 aromatic carbocycles. The van der Waals surface area contributed by atoms with E-state index in [9.17, 15) is 4.79 Å². The molecule has 0 aliphatic heterocycles. The Balaban J connectivity index is 1.59. The molecule has 0 saturated carbocycles. The lowest BCUT2D eigenvalue weighted by Crippen LogP contribution is -2.15. The van der Waals surface area contributed by atoms with Crippen LogP contribution in [-0.4, -0.2) is 26.4 Å². The Morgan fingerprint density at radius 1 is 1.17 bits per heavy atom. The van der Waals surface area contributed by atoms with E-state index in [-0.39, 0.29) is 18.3 Å². The fourth-order valence-corrected chi connectivity index (χ4v) is 3.90. The second-order valence-corrected chi connectivity index (χ2v) is 8.00. The molecule has 0 aliphatic carbocycles. The molecule has 0 aliphatic rings. The van der Waals surface area contributed by atoms with Gasteiger partial charge in [-0.1, -0.05) is 41.0 Å². The monoisotopic (exact) mass is 450 g/mol. The standard InChI is InChI=1S/C20H20Cl2N4O2S/c1-3-26-18(11-28-17-8-7-15(22)9-13(17)2)24-25-20(26)29-12-19(27)23-16-6-4-5-14(21)10-16/h4-10H,3,11-12H2,1-2H3,(H,23,27). The predicted molar refractivity (Wildman–Crippen MR) is 117 cm³/mol. The van der Waals surface area contributed by atoms with E-state index in [0.717, 1.165) is 11.3 Å². The average Bonchev–Trinajstić information content (AvgIpc) is 3.07. The highest BCUT2D eigenvalue weighted by Gasteiger charge is 2.14. The molecule has 0 spiro atoms. The van der Waals surface area contributed by atoms with Crippen LogP contribution in [0.3, 0.4) is 0 Å². The van der Waals surface area contributed by atoms with Crippen LogP contribution in [0.25, 0.3) is 0 Å². The van der Waals surface area contributed by atoms with E-state index in [2.05, 4.69) is 15.5 Å². The minimum Gasteiger partial charge on any atom is -0.485 e. The van der Waals surface area contributed by atoms with E-state index in [1.165, 1.54) is 11.8 Å². The number of thioether (sulfide) groups is 1. The van der Waals surface area contributed by atoms with Crippen molar-refractivity contribution in [1.82, 2.24) is 14.8 Å². The van der Waals surface area contributed by atoms with Gasteiger partial charge in [-0.25, -0.2) is 0 Å². The molecular weight excluding hydrogens is 431 g/mol. The van der Waals surface area contributed by atoms with E-state index in [1.807, 2.05) is 30.5 Å². The van der Waals surface area contributed by atoms with Gasteiger partial charge in [0.2, 0.25) is 5.91 Å². The van der Waals surface area contributed by atoms with Gasteiger partial charge in [0, 0.05) is 22.3 Å². The molecule has 3 rings (SSSR count). The molecule has 29 heavy (non-hydrogen) atoms. The van der Waals surface area contributed by atoms with Gasteiger partial charge in [0.25, 0.3) is 0 Å². The van der Waals surface area contributed by atoms with Crippen molar-refractivity contribution in [2.45, 2.75) is 32.2 Å². The van der Waals surface area contributed by atoms with Gasteiger partial charge >= 0.3 is 0 Å². The number of nitrogens with one attached hydrogen (secondary N) is 1. The Morgan fingerprint density at radius 2 is 1.97 bits per heavy atom. The van der Waals surface area contributed by atoms with Gasteiger partial charge in [-0.3, -0.25) is 4.79 Å². The Kier molecular flexibility index (Phi) is 7.41. The number of hydrogen-bond acceptors (Lipinski definition) is 5. The number of aromatic nitrogens is 3. The third kappa shape index (κ3) is 5.88. The molecule has 0 fully saturated rings. The first-order valence-corrected chi connectivity index (χ1v) is 10.7. The summed E-state index contributed by atoms with van der Waals surface area (Å²) >= 11 is 13.2. The van der Waals surface area contributed by atoms with E-state index in [0.29, 0.717) is 33.3 Å². The summed E-state index contributed by atoms with van der Waals surface area (Å²) in [5.74, 6) is 1.51. The van der Waals surface area contributed by atoms with E-state index in [4.69, 9.17) is 27.9 Å². The largest absolute Gasteiger partial charge is 0.485 e. The van der Waals surface area contributed by atoms with Crippen LogP contribution >= 0.6 is 35.0 Å². The zero-order chi connectivity index (χ0) is 20.8. The highest BCUT2D eigenvalue weighted by atomic mass is 35.5. The fourth-order valence-electron chi connectivity index (χ4n) is 2.66.